The Bertz CT molecular complexity index is 325. The summed E-state index contributed by atoms with van der Waals surface area (Å²) in [5.74, 6) is 0.835. The van der Waals surface area contributed by atoms with Gasteiger partial charge in [0.1, 0.15) is 12.1 Å². The highest BCUT2D eigenvalue weighted by atomic mass is 16.5. The smallest absolute Gasteiger partial charge is 0.129 e. The highest BCUT2D eigenvalue weighted by molar-refractivity contribution is 5.34. The molecule has 1 rings (SSSR count). The molecule has 0 bridgehead atoms. The van der Waals surface area contributed by atoms with E-state index >= 15 is 0 Å². The lowest BCUT2D eigenvalue weighted by Gasteiger charge is -2.06. The van der Waals surface area contributed by atoms with Gasteiger partial charge in [0, 0.05) is 18.3 Å². The maximum atomic E-state index is 5.34. The predicted octanol–water partition coefficient (Wildman–Crippen LogP) is 1.79. The fourth-order valence-corrected chi connectivity index (χ4v) is 1.05. The van der Waals surface area contributed by atoms with Crippen molar-refractivity contribution in [1.82, 2.24) is 9.97 Å². The van der Waals surface area contributed by atoms with E-state index in [2.05, 4.69) is 21.9 Å². The molecule has 0 aromatic carbocycles. The van der Waals surface area contributed by atoms with Crippen molar-refractivity contribution in [2.75, 3.05) is 25.1 Å². The molecule has 4 nitrogen and oxygen atoms in total. The van der Waals surface area contributed by atoms with Crippen LogP contribution in [-0.4, -0.2) is 29.7 Å². The van der Waals surface area contributed by atoms with Crippen molar-refractivity contribution in [2.45, 2.75) is 13.8 Å². The third-order valence-electron chi connectivity index (χ3n) is 1.70. The number of nitrogens with zero attached hydrogens (tertiary/aromatic N) is 2. The average Bonchev–Trinajstić information content (AvgIpc) is 2.17. The van der Waals surface area contributed by atoms with Gasteiger partial charge < -0.3 is 10.1 Å². The van der Waals surface area contributed by atoms with E-state index in [0.29, 0.717) is 13.2 Å². The SMILES string of the molecule is C=C(C)COCCNc1cc(C)ncn1. The number of nitrogens with one attached hydrogen (secondary N) is 1. The van der Waals surface area contributed by atoms with Crippen LogP contribution in [0.25, 0.3) is 0 Å². The molecule has 1 heterocycles. The number of hydrogen-bond donors (Lipinski definition) is 1. The topological polar surface area (TPSA) is 47.0 Å². The molecule has 0 aliphatic heterocycles. The first kappa shape index (κ1) is 11.7. The molecule has 0 amide bonds. The van der Waals surface area contributed by atoms with Gasteiger partial charge in [0.25, 0.3) is 0 Å². The molecule has 0 saturated heterocycles. The molecule has 0 saturated carbocycles. The first-order chi connectivity index (χ1) is 7.18. The van der Waals surface area contributed by atoms with Crippen LogP contribution in [0.1, 0.15) is 12.6 Å². The summed E-state index contributed by atoms with van der Waals surface area (Å²) in [6.45, 7) is 9.64. The van der Waals surface area contributed by atoms with Gasteiger partial charge in [-0.05, 0) is 13.8 Å². The van der Waals surface area contributed by atoms with E-state index in [9.17, 15) is 0 Å². The molecule has 1 aromatic heterocycles. The number of hydrogen-bond acceptors (Lipinski definition) is 4. The van der Waals surface area contributed by atoms with Gasteiger partial charge >= 0.3 is 0 Å². The summed E-state index contributed by atoms with van der Waals surface area (Å²) in [7, 11) is 0. The Morgan fingerprint density at radius 2 is 2.33 bits per heavy atom. The molecule has 1 aromatic rings. The van der Waals surface area contributed by atoms with E-state index in [0.717, 1.165) is 23.6 Å². The van der Waals surface area contributed by atoms with Crippen LogP contribution in [0.15, 0.2) is 24.5 Å². The summed E-state index contributed by atoms with van der Waals surface area (Å²) in [6.07, 6.45) is 1.55. The Kier molecular flexibility index (Phi) is 4.77. The summed E-state index contributed by atoms with van der Waals surface area (Å²) in [4.78, 5) is 8.09. The van der Waals surface area contributed by atoms with Gasteiger partial charge in [-0.25, -0.2) is 9.97 Å². The molecule has 4 heteroatoms. The van der Waals surface area contributed by atoms with E-state index in [1.165, 1.54) is 0 Å². The van der Waals surface area contributed by atoms with Crippen molar-refractivity contribution < 1.29 is 4.74 Å². The second-order valence-electron chi connectivity index (χ2n) is 3.48. The largest absolute Gasteiger partial charge is 0.375 e. The number of rotatable bonds is 6. The highest BCUT2D eigenvalue weighted by Crippen LogP contribution is 2.01. The lowest BCUT2D eigenvalue weighted by Crippen LogP contribution is -2.11. The van der Waals surface area contributed by atoms with E-state index < -0.39 is 0 Å². The van der Waals surface area contributed by atoms with Gasteiger partial charge in [0.15, 0.2) is 0 Å². The molecular weight excluding hydrogens is 190 g/mol. The second kappa shape index (κ2) is 6.14. The number of anilines is 1. The highest BCUT2D eigenvalue weighted by Gasteiger charge is 1.94. The normalized spacial score (nSPS) is 10.0. The van der Waals surface area contributed by atoms with Crippen molar-refractivity contribution in [1.29, 1.82) is 0 Å². The molecule has 82 valence electrons. The summed E-state index contributed by atoms with van der Waals surface area (Å²) in [5, 5.41) is 3.15. The lowest BCUT2D eigenvalue weighted by atomic mass is 10.4. The van der Waals surface area contributed by atoms with Crippen molar-refractivity contribution >= 4 is 5.82 Å². The quantitative estimate of drug-likeness (QED) is 0.570. The van der Waals surface area contributed by atoms with Crippen LogP contribution < -0.4 is 5.32 Å². The Labute approximate surface area is 90.4 Å². The molecule has 0 spiro atoms. The summed E-state index contributed by atoms with van der Waals surface area (Å²) in [5.41, 5.74) is 1.99. The summed E-state index contributed by atoms with van der Waals surface area (Å²) in [6, 6.07) is 1.90. The van der Waals surface area contributed by atoms with E-state index in [4.69, 9.17) is 4.74 Å². The number of aryl methyl sites for hydroxylation is 1. The first-order valence-corrected chi connectivity index (χ1v) is 4.93. The third-order valence-corrected chi connectivity index (χ3v) is 1.70. The minimum absolute atomic E-state index is 0.616. The van der Waals surface area contributed by atoms with Crippen LogP contribution in [0.2, 0.25) is 0 Å². The zero-order chi connectivity index (χ0) is 11.1. The van der Waals surface area contributed by atoms with Crippen molar-refractivity contribution in [3.8, 4) is 0 Å². The fraction of sp³-hybridized carbons (Fsp3) is 0.455. The van der Waals surface area contributed by atoms with Gasteiger partial charge in [0.2, 0.25) is 0 Å². The molecule has 15 heavy (non-hydrogen) atoms. The van der Waals surface area contributed by atoms with E-state index in [-0.39, 0.29) is 0 Å². The molecule has 0 radical (unpaired) electrons. The van der Waals surface area contributed by atoms with Gasteiger partial charge in [-0.1, -0.05) is 12.2 Å². The van der Waals surface area contributed by atoms with Crippen molar-refractivity contribution in [3.63, 3.8) is 0 Å². The zero-order valence-electron chi connectivity index (χ0n) is 9.29. The van der Waals surface area contributed by atoms with Crippen molar-refractivity contribution in [3.05, 3.63) is 30.2 Å². The van der Waals surface area contributed by atoms with Crippen LogP contribution in [-0.2, 0) is 4.74 Å². The predicted molar refractivity (Wildman–Crippen MR) is 60.9 cm³/mol. The lowest BCUT2D eigenvalue weighted by molar-refractivity contribution is 0.167. The minimum atomic E-state index is 0.616. The summed E-state index contributed by atoms with van der Waals surface area (Å²) >= 11 is 0. The molecule has 0 aliphatic carbocycles. The Balaban J connectivity index is 2.17. The standard InChI is InChI=1S/C11H17N3O/c1-9(2)7-15-5-4-12-11-6-10(3)13-8-14-11/h6,8H,1,4-5,7H2,2-3H3,(H,12,13,14). The second-order valence-corrected chi connectivity index (χ2v) is 3.48. The molecule has 0 unspecified atom stereocenters. The monoisotopic (exact) mass is 207 g/mol. The average molecular weight is 207 g/mol. The maximum absolute atomic E-state index is 5.34. The maximum Gasteiger partial charge on any atom is 0.129 e. The van der Waals surface area contributed by atoms with Gasteiger partial charge in [-0.3, -0.25) is 0 Å². The zero-order valence-corrected chi connectivity index (χ0v) is 9.29. The molecule has 0 aliphatic rings. The molecule has 1 N–H and O–H groups in total. The van der Waals surface area contributed by atoms with Crippen LogP contribution in [0.3, 0.4) is 0 Å². The Morgan fingerprint density at radius 3 is 3.00 bits per heavy atom. The van der Waals surface area contributed by atoms with Gasteiger partial charge in [-0.2, -0.15) is 0 Å². The van der Waals surface area contributed by atoms with Crippen molar-refractivity contribution in [2.24, 2.45) is 0 Å². The van der Waals surface area contributed by atoms with Gasteiger partial charge in [-0.15, -0.1) is 0 Å². The van der Waals surface area contributed by atoms with Crippen LogP contribution in [0, 0.1) is 6.92 Å². The first-order valence-electron chi connectivity index (χ1n) is 4.93. The summed E-state index contributed by atoms with van der Waals surface area (Å²) < 4.78 is 5.34. The van der Waals surface area contributed by atoms with Gasteiger partial charge in [0.05, 0.1) is 13.2 Å². The molecule has 0 fully saturated rings. The van der Waals surface area contributed by atoms with Crippen LogP contribution >= 0.6 is 0 Å². The number of aromatic nitrogens is 2. The Morgan fingerprint density at radius 1 is 1.53 bits per heavy atom. The molecular formula is C11H17N3O. The van der Waals surface area contributed by atoms with E-state index in [1.807, 2.05) is 19.9 Å². The molecule has 0 atom stereocenters. The van der Waals surface area contributed by atoms with E-state index in [1.54, 1.807) is 6.33 Å². The van der Waals surface area contributed by atoms with Crippen LogP contribution in [0.5, 0.6) is 0 Å². The fourth-order valence-electron chi connectivity index (χ4n) is 1.05. The number of ether oxygens (including phenoxy) is 1. The van der Waals surface area contributed by atoms with Crippen LogP contribution in [0.4, 0.5) is 5.82 Å². The Hall–Kier alpha value is -1.42. The minimum Gasteiger partial charge on any atom is -0.375 e. The third kappa shape index (κ3) is 5.12.